The van der Waals surface area contributed by atoms with Crippen LogP contribution in [0.25, 0.3) is 11.1 Å². The van der Waals surface area contributed by atoms with Gasteiger partial charge in [-0.3, -0.25) is 0 Å². The third kappa shape index (κ3) is 3.36. The third-order valence-corrected chi connectivity index (χ3v) is 4.11. The van der Waals surface area contributed by atoms with Crippen molar-refractivity contribution in [2.45, 2.75) is 6.42 Å². The van der Waals surface area contributed by atoms with Gasteiger partial charge in [0, 0.05) is 16.1 Å². The second-order valence-electron chi connectivity index (χ2n) is 4.10. The third-order valence-electron chi connectivity index (χ3n) is 2.77. The van der Waals surface area contributed by atoms with Crippen LogP contribution in [0.15, 0.2) is 30.3 Å². The largest absolute Gasteiger partial charge is 0.330 e. The van der Waals surface area contributed by atoms with Crippen molar-refractivity contribution in [3.8, 4) is 11.1 Å². The van der Waals surface area contributed by atoms with Gasteiger partial charge in [-0.05, 0) is 36.7 Å². The fourth-order valence-electron chi connectivity index (χ4n) is 1.83. The molecular formula is C14H11Cl4N. The lowest BCUT2D eigenvalue weighted by Crippen LogP contribution is -2.02. The number of hydrogen-bond donors (Lipinski definition) is 1. The Labute approximate surface area is 132 Å². The normalized spacial score (nSPS) is 10.8. The first-order valence-corrected chi connectivity index (χ1v) is 7.17. The molecule has 0 amide bonds. The average molecular weight is 335 g/mol. The van der Waals surface area contributed by atoms with Crippen LogP contribution in [0.1, 0.15) is 5.56 Å². The second kappa shape index (κ2) is 6.34. The Morgan fingerprint density at radius 3 is 2.00 bits per heavy atom. The minimum Gasteiger partial charge on any atom is -0.330 e. The van der Waals surface area contributed by atoms with Crippen molar-refractivity contribution in [1.82, 2.24) is 0 Å². The van der Waals surface area contributed by atoms with E-state index in [4.69, 9.17) is 52.1 Å². The Morgan fingerprint density at radius 1 is 0.737 bits per heavy atom. The van der Waals surface area contributed by atoms with Crippen LogP contribution in [0, 0.1) is 0 Å². The van der Waals surface area contributed by atoms with E-state index in [0.29, 0.717) is 26.6 Å². The molecule has 5 heteroatoms. The van der Waals surface area contributed by atoms with Crippen molar-refractivity contribution in [2.75, 3.05) is 6.54 Å². The molecule has 2 N–H and O–H groups in total. The lowest BCUT2D eigenvalue weighted by molar-refractivity contribution is 0.969. The predicted octanol–water partition coefficient (Wildman–Crippen LogP) is 5.47. The molecule has 0 aliphatic rings. The van der Waals surface area contributed by atoms with E-state index >= 15 is 0 Å². The van der Waals surface area contributed by atoms with Crippen LogP contribution >= 0.6 is 46.4 Å². The van der Waals surface area contributed by atoms with Crippen molar-refractivity contribution in [3.63, 3.8) is 0 Å². The summed E-state index contributed by atoms with van der Waals surface area (Å²) in [5, 5.41) is 2.00. The van der Waals surface area contributed by atoms with Gasteiger partial charge in [-0.2, -0.15) is 0 Å². The van der Waals surface area contributed by atoms with Crippen molar-refractivity contribution >= 4 is 46.4 Å². The SMILES string of the molecule is NCCc1ccc(-c2cc(Cl)c(Cl)cc2Cl)c(Cl)c1. The molecule has 100 valence electrons. The van der Waals surface area contributed by atoms with Crippen LogP contribution < -0.4 is 5.73 Å². The summed E-state index contributed by atoms with van der Waals surface area (Å²) < 4.78 is 0. The summed E-state index contributed by atoms with van der Waals surface area (Å²) in [5.41, 5.74) is 8.20. The molecule has 0 aliphatic heterocycles. The van der Waals surface area contributed by atoms with Crippen LogP contribution in [0.5, 0.6) is 0 Å². The zero-order valence-corrected chi connectivity index (χ0v) is 12.9. The summed E-state index contributed by atoms with van der Waals surface area (Å²) in [5.74, 6) is 0. The molecule has 0 bridgehead atoms. The molecule has 0 saturated heterocycles. The van der Waals surface area contributed by atoms with Crippen molar-refractivity contribution in [2.24, 2.45) is 5.73 Å². The number of halogens is 4. The fraction of sp³-hybridized carbons (Fsp3) is 0.143. The number of hydrogen-bond acceptors (Lipinski definition) is 1. The van der Waals surface area contributed by atoms with Gasteiger partial charge in [-0.25, -0.2) is 0 Å². The van der Waals surface area contributed by atoms with Gasteiger partial charge in [0.2, 0.25) is 0 Å². The maximum atomic E-state index is 6.29. The number of rotatable bonds is 3. The Balaban J connectivity index is 2.50. The molecule has 0 unspecified atom stereocenters. The molecule has 2 rings (SSSR count). The van der Waals surface area contributed by atoms with E-state index in [1.165, 1.54) is 0 Å². The Bertz CT molecular complexity index is 611. The minimum absolute atomic E-state index is 0.422. The molecule has 0 aliphatic carbocycles. The van der Waals surface area contributed by atoms with Gasteiger partial charge in [0.1, 0.15) is 0 Å². The fourth-order valence-corrected chi connectivity index (χ4v) is 2.78. The van der Waals surface area contributed by atoms with Gasteiger partial charge < -0.3 is 5.73 Å². The smallest absolute Gasteiger partial charge is 0.0607 e. The average Bonchev–Trinajstić information content (AvgIpc) is 2.35. The van der Waals surface area contributed by atoms with Crippen LogP contribution in [0.3, 0.4) is 0 Å². The Kier molecular flexibility index (Phi) is 4.99. The molecule has 2 aromatic rings. The topological polar surface area (TPSA) is 26.0 Å². The minimum atomic E-state index is 0.422. The lowest BCUT2D eigenvalue weighted by atomic mass is 10.0. The summed E-state index contributed by atoms with van der Waals surface area (Å²) in [6.45, 7) is 0.587. The Morgan fingerprint density at radius 2 is 1.37 bits per heavy atom. The van der Waals surface area contributed by atoms with Crippen LogP contribution in [0.4, 0.5) is 0 Å². The summed E-state index contributed by atoms with van der Waals surface area (Å²) in [7, 11) is 0. The quantitative estimate of drug-likeness (QED) is 0.740. The molecule has 0 saturated carbocycles. The van der Waals surface area contributed by atoms with E-state index in [1.807, 2.05) is 18.2 Å². The van der Waals surface area contributed by atoms with Gasteiger partial charge in [0.15, 0.2) is 0 Å². The number of benzene rings is 2. The predicted molar refractivity (Wildman–Crippen MR) is 84.7 cm³/mol. The van der Waals surface area contributed by atoms with E-state index in [9.17, 15) is 0 Å². The highest BCUT2D eigenvalue weighted by atomic mass is 35.5. The first kappa shape index (κ1) is 15.0. The maximum absolute atomic E-state index is 6.29. The highest BCUT2D eigenvalue weighted by molar-refractivity contribution is 6.44. The van der Waals surface area contributed by atoms with Crippen LogP contribution in [0.2, 0.25) is 20.1 Å². The van der Waals surface area contributed by atoms with Gasteiger partial charge in [-0.1, -0.05) is 58.5 Å². The molecule has 2 aromatic carbocycles. The maximum Gasteiger partial charge on any atom is 0.0607 e. The Hall–Kier alpha value is -0.440. The molecule has 0 aromatic heterocycles. The van der Waals surface area contributed by atoms with E-state index in [-0.39, 0.29) is 0 Å². The summed E-state index contributed by atoms with van der Waals surface area (Å²) in [4.78, 5) is 0. The zero-order chi connectivity index (χ0) is 14.0. The van der Waals surface area contributed by atoms with E-state index in [2.05, 4.69) is 0 Å². The molecule has 0 atom stereocenters. The second-order valence-corrected chi connectivity index (χ2v) is 5.73. The standard InChI is InChI=1S/C14H11Cl4N/c15-11-5-8(3-4-19)1-2-9(11)10-6-13(17)14(18)7-12(10)16/h1-2,5-7H,3-4,19H2. The molecule has 1 nitrogen and oxygen atoms in total. The molecule has 0 radical (unpaired) electrons. The highest BCUT2D eigenvalue weighted by Gasteiger charge is 2.11. The van der Waals surface area contributed by atoms with E-state index in [0.717, 1.165) is 23.1 Å². The van der Waals surface area contributed by atoms with Crippen molar-refractivity contribution in [3.05, 3.63) is 56.0 Å². The van der Waals surface area contributed by atoms with Crippen LogP contribution in [-0.2, 0) is 6.42 Å². The van der Waals surface area contributed by atoms with Crippen molar-refractivity contribution in [1.29, 1.82) is 0 Å². The monoisotopic (exact) mass is 333 g/mol. The summed E-state index contributed by atoms with van der Waals surface area (Å²) in [6.07, 6.45) is 0.787. The molecule has 0 heterocycles. The highest BCUT2D eigenvalue weighted by Crippen LogP contribution is 2.38. The van der Waals surface area contributed by atoms with Gasteiger partial charge in [-0.15, -0.1) is 0 Å². The molecule has 0 spiro atoms. The summed E-state index contributed by atoms with van der Waals surface area (Å²) in [6, 6.07) is 9.12. The van der Waals surface area contributed by atoms with E-state index < -0.39 is 0 Å². The van der Waals surface area contributed by atoms with E-state index in [1.54, 1.807) is 12.1 Å². The summed E-state index contributed by atoms with van der Waals surface area (Å²) >= 11 is 24.4. The lowest BCUT2D eigenvalue weighted by Gasteiger charge is -2.10. The van der Waals surface area contributed by atoms with Gasteiger partial charge in [0.25, 0.3) is 0 Å². The number of nitrogens with two attached hydrogens (primary N) is 1. The van der Waals surface area contributed by atoms with Gasteiger partial charge in [0.05, 0.1) is 15.1 Å². The zero-order valence-electron chi connectivity index (χ0n) is 9.89. The molecule has 19 heavy (non-hydrogen) atoms. The van der Waals surface area contributed by atoms with Crippen molar-refractivity contribution < 1.29 is 0 Å². The molecule has 0 fully saturated rings. The van der Waals surface area contributed by atoms with Gasteiger partial charge >= 0.3 is 0 Å². The molecular weight excluding hydrogens is 324 g/mol. The first-order valence-electron chi connectivity index (χ1n) is 5.66. The first-order chi connectivity index (χ1) is 9.02. The van der Waals surface area contributed by atoms with Crippen LogP contribution in [-0.4, -0.2) is 6.54 Å².